The Labute approximate surface area is 132 Å². The molecule has 0 saturated heterocycles. The molecule has 120 valence electrons. The number of hydrogen-bond acceptors (Lipinski definition) is 6. The van der Waals surface area contributed by atoms with E-state index in [0.717, 1.165) is 10.5 Å². The van der Waals surface area contributed by atoms with Crippen LogP contribution in [0.1, 0.15) is 5.56 Å². The molecule has 1 aromatic carbocycles. The summed E-state index contributed by atoms with van der Waals surface area (Å²) < 4.78 is 40.1. The van der Waals surface area contributed by atoms with Crippen LogP contribution >= 0.6 is 11.8 Å². The van der Waals surface area contributed by atoms with Crippen LogP contribution in [0.25, 0.3) is 11.2 Å². The van der Waals surface area contributed by atoms with Gasteiger partial charge in [-0.3, -0.25) is 0 Å². The van der Waals surface area contributed by atoms with Gasteiger partial charge < -0.3 is 10.5 Å². The monoisotopic (exact) mass is 341 g/mol. The Morgan fingerprint density at radius 2 is 1.96 bits per heavy atom. The van der Waals surface area contributed by atoms with E-state index in [9.17, 15) is 13.2 Å². The molecule has 0 radical (unpaired) electrons. The number of nitrogens with zero attached hydrogens (tertiary/aromatic N) is 3. The molecule has 0 aliphatic heterocycles. The Morgan fingerprint density at radius 1 is 1.22 bits per heavy atom. The minimum absolute atomic E-state index is 0.252. The van der Waals surface area contributed by atoms with Crippen LogP contribution in [0, 0.1) is 0 Å². The van der Waals surface area contributed by atoms with Crippen molar-refractivity contribution in [2.45, 2.75) is 17.0 Å². The Morgan fingerprint density at radius 3 is 2.65 bits per heavy atom. The van der Waals surface area contributed by atoms with E-state index < -0.39 is 6.36 Å². The standard InChI is InChI=1S/C13H10F3N5OS/c14-13(15,16)22-8-3-1-7(2-4-8)6-23-9-5-10(17)18-12-11(9)19-21-20-12/h1-5H,6H2,(H3,17,18,19,20,21). The number of nitrogens with two attached hydrogens (primary N) is 1. The number of hydrogen-bond donors (Lipinski definition) is 2. The molecular weight excluding hydrogens is 331 g/mol. The van der Waals surface area contributed by atoms with Gasteiger partial charge in [0, 0.05) is 10.6 Å². The number of fused-ring (bicyclic) bond motifs is 1. The molecule has 10 heteroatoms. The summed E-state index contributed by atoms with van der Waals surface area (Å²) in [4.78, 5) is 4.85. The molecule has 0 aliphatic carbocycles. The van der Waals surface area contributed by atoms with E-state index in [-0.39, 0.29) is 5.75 Å². The summed E-state index contributed by atoms with van der Waals surface area (Å²) in [6.07, 6.45) is -4.69. The number of ether oxygens (including phenoxy) is 1. The number of aromatic amines is 1. The van der Waals surface area contributed by atoms with E-state index in [1.807, 2.05) is 0 Å². The molecule has 2 aromatic heterocycles. The van der Waals surface area contributed by atoms with Crippen LogP contribution < -0.4 is 10.5 Å². The van der Waals surface area contributed by atoms with Gasteiger partial charge in [0.05, 0.1) is 0 Å². The number of rotatable bonds is 4. The molecule has 23 heavy (non-hydrogen) atoms. The molecule has 0 unspecified atom stereocenters. The number of halogens is 3. The molecule has 3 rings (SSSR count). The maximum atomic E-state index is 12.1. The molecule has 0 amide bonds. The van der Waals surface area contributed by atoms with E-state index in [1.54, 1.807) is 18.2 Å². The number of benzene rings is 1. The number of aromatic nitrogens is 4. The number of thioether (sulfide) groups is 1. The van der Waals surface area contributed by atoms with E-state index in [1.165, 1.54) is 23.9 Å². The van der Waals surface area contributed by atoms with Crippen LogP contribution in [0.4, 0.5) is 19.0 Å². The minimum Gasteiger partial charge on any atom is -0.406 e. The first-order chi connectivity index (χ1) is 10.9. The maximum absolute atomic E-state index is 12.1. The molecule has 0 atom stereocenters. The number of pyridine rings is 1. The molecule has 3 N–H and O–H groups in total. The summed E-state index contributed by atoms with van der Waals surface area (Å²) in [5, 5.41) is 10.3. The third-order valence-electron chi connectivity index (χ3n) is 2.83. The first-order valence-electron chi connectivity index (χ1n) is 6.35. The number of nitrogen functional groups attached to an aromatic ring is 1. The average Bonchev–Trinajstić information content (AvgIpc) is 2.92. The average molecular weight is 341 g/mol. The lowest BCUT2D eigenvalue weighted by molar-refractivity contribution is -0.274. The first kappa shape index (κ1) is 15.4. The van der Waals surface area contributed by atoms with E-state index in [2.05, 4.69) is 25.1 Å². The second-order valence-corrected chi connectivity index (χ2v) is 5.55. The highest BCUT2D eigenvalue weighted by atomic mass is 32.2. The van der Waals surface area contributed by atoms with Crippen LogP contribution in [-0.2, 0) is 5.75 Å². The largest absolute Gasteiger partial charge is 0.573 e. The molecule has 0 bridgehead atoms. The van der Waals surface area contributed by atoms with Crippen molar-refractivity contribution in [3.05, 3.63) is 35.9 Å². The molecule has 0 fully saturated rings. The van der Waals surface area contributed by atoms with Gasteiger partial charge >= 0.3 is 6.36 Å². The van der Waals surface area contributed by atoms with Gasteiger partial charge in [0.2, 0.25) is 0 Å². The molecule has 3 aromatic rings. The van der Waals surface area contributed by atoms with E-state index >= 15 is 0 Å². The summed E-state index contributed by atoms with van der Waals surface area (Å²) in [6, 6.07) is 7.36. The minimum atomic E-state index is -4.69. The lowest BCUT2D eigenvalue weighted by atomic mass is 10.2. The summed E-state index contributed by atoms with van der Waals surface area (Å²) in [5.74, 6) is 0.607. The lowest BCUT2D eigenvalue weighted by Gasteiger charge is -2.09. The zero-order chi connectivity index (χ0) is 16.4. The van der Waals surface area contributed by atoms with Gasteiger partial charge in [0.25, 0.3) is 0 Å². The van der Waals surface area contributed by atoms with Gasteiger partial charge in [-0.2, -0.15) is 0 Å². The third-order valence-corrected chi connectivity index (χ3v) is 3.93. The van der Waals surface area contributed by atoms with Crippen molar-refractivity contribution < 1.29 is 17.9 Å². The fourth-order valence-electron chi connectivity index (χ4n) is 1.89. The number of nitrogens with one attached hydrogen (secondary N) is 1. The van der Waals surface area contributed by atoms with Gasteiger partial charge in [0.15, 0.2) is 5.65 Å². The normalized spacial score (nSPS) is 11.8. The van der Waals surface area contributed by atoms with E-state index in [4.69, 9.17) is 5.73 Å². The summed E-state index contributed by atoms with van der Waals surface area (Å²) in [6.45, 7) is 0. The summed E-state index contributed by atoms with van der Waals surface area (Å²) in [7, 11) is 0. The topological polar surface area (TPSA) is 89.7 Å². The Kier molecular flexibility index (Phi) is 3.99. The van der Waals surface area contributed by atoms with Crippen LogP contribution in [0.15, 0.2) is 35.2 Å². The first-order valence-corrected chi connectivity index (χ1v) is 7.34. The number of H-pyrrole nitrogens is 1. The van der Waals surface area contributed by atoms with Crippen LogP contribution in [-0.4, -0.2) is 26.8 Å². The second-order valence-electron chi connectivity index (χ2n) is 4.53. The lowest BCUT2D eigenvalue weighted by Crippen LogP contribution is -2.16. The predicted molar refractivity (Wildman–Crippen MR) is 78.8 cm³/mol. The van der Waals surface area contributed by atoms with Gasteiger partial charge in [-0.1, -0.05) is 17.3 Å². The quantitative estimate of drug-likeness (QED) is 0.709. The van der Waals surface area contributed by atoms with Gasteiger partial charge in [0.1, 0.15) is 17.1 Å². The van der Waals surface area contributed by atoms with Crippen molar-refractivity contribution >= 4 is 28.7 Å². The fourth-order valence-corrected chi connectivity index (χ4v) is 2.88. The van der Waals surface area contributed by atoms with Gasteiger partial charge in [-0.15, -0.1) is 30.0 Å². The number of alkyl halides is 3. The maximum Gasteiger partial charge on any atom is 0.573 e. The second kappa shape index (κ2) is 5.95. The molecular formula is C13H10F3N5OS. The summed E-state index contributed by atoms with van der Waals surface area (Å²) in [5.41, 5.74) is 7.62. The zero-order valence-electron chi connectivity index (χ0n) is 11.5. The molecule has 0 aliphatic rings. The van der Waals surface area contributed by atoms with Crippen LogP contribution in [0.2, 0.25) is 0 Å². The highest BCUT2D eigenvalue weighted by Crippen LogP contribution is 2.30. The fraction of sp³-hybridized carbons (Fsp3) is 0.154. The van der Waals surface area contributed by atoms with Crippen molar-refractivity contribution in [1.29, 1.82) is 0 Å². The SMILES string of the molecule is Nc1cc(SCc2ccc(OC(F)(F)F)cc2)c2nn[nH]c2n1. The van der Waals surface area contributed by atoms with Crippen molar-refractivity contribution in [3.8, 4) is 5.75 Å². The molecule has 6 nitrogen and oxygen atoms in total. The van der Waals surface area contributed by atoms with Crippen LogP contribution in [0.3, 0.4) is 0 Å². The Hall–Kier alpha value is -2.49. The van der Waals surface area contributed by atoms with Crippen molar-refractivity contribution in [2.75, 3.05) is 5.73 Å². The van der Waals surface area contributed by atoms with E-state index in [0.29, 0.717) is 22.7 Å². The number of anilines is 1. The summed E-state index contributed by atoms with van der Waals surface area (Å²) >= 11 is 1.44. The van der Waals surface area contributed by atoms with Crippen LogP contribution in [0.5, 0.6) is 5.75 Å². The smallest absolute Gasteiger partial charge is 0.406 e. The molecule has 2 heterocycles. The van der Waals surface area contributed by atoms with Crippen molar-refractivity contribution in [2.24, 2.45) is 0 Å². The zero-order valence-corrected chi connectivity index (χ0v) is 12.3. The Bertz CT molecular complexity index is 819. The third kappa shape index (κ3) is 3.83. The van der Waals surface area contributed by atoms with Crippen molar-refractivity contribution in [3.63, 3.8) is 0 Å². The van der Waals surface area contributed by atoms with Gasteiger partial charge in [-0.25, -0.2) is 10.1 Å². The van der Waals surface area contributed by atoms with Crippen molar-refractivity contribution in [1.82, 2.24) is 20.4 Å². The predicted octanol–water partition coefficient (Wildman–Crippen LogP) is 3.13. The highest BCUT2D eigenvalue weighted by molar-refractivity contribution is 7.98. The van der Waals surface area contributed by atoms with Gasteiger partial charge in [-0.05, 0) is 23.8 Å². The molecule has 0 saturated carbocycles. The highest BCUT2D eigenvalue weighted by Gasteiger charge is 2.30. The molecule has 0 spiro atoms. The Balaban J connectivity index is 1.71.